The maximum Gasteiger partial charge on any atom is 0.260 e. The van der Waals surface area contributed by atoms with E-state index < -0.39 is 0 Å². The number of fused-ring (bicyclic) bond motifs is 2. The van der Waals surface area contributed by atoms with Gasteiger partial charge in [0.2, 0.25) is 0 Å². The Balaban J connectivity index is 1.24. The van der Waals surface area contributed by atoms with E-state index in [1.54, 1.807) is 12.4 Å². The van der Waals surface area contributed by atoms with Crippen LogP contribution < -0.4 is 4.74 Å². The first-order chi connectivity index (χ1) is 16.6. The molecule has 0 aliphatic carbocycles. The maximum atomic E-state index is 12.9. The second kappa shape index (κ2) is 10.1. The van der Waals surface area contributed by atoms with Gasteiger partial charge in [-0.15, -0.1) is 0 Å². The lowest BCUT2D eigenvalue weighted by atomic mass is 9.73. The monoisotopic (exact) mass is 458 g/mol. The van der Waals surface area contributed by atoms with Crippen molar-refractivity contribution >= 4 is 16.9 Å². The lowest BCUT2D eigenvalue weighted by Gasteiger charge is -2.44. The number of rotatable bonds is 2. The van der Waals surface area contributed by atoms with Crippen LogP contribution in [0, 0.1) is 5.41 Å². The Bertz CT molecular complexity index is 1140. The SMILES string of the molecule is CN1CC2(CCCCc3ccccc3OCC1=O)CCN(Cc1ccc3nccnc3c1)CC2. The molecular formula is C28H34N4O2. The third-order valence-electron chi connectivity index (χ3n) is 7.58. The second-order valence-corrected chi connectivity index (χ2v) is 10.0. The van der Waals surface area contributed by atoms with Crippen LogP contribution in [-0.2, 0) is 17.8 Å². The van der Waals surface area contributed by atoms with Crippen molar-refractivity contribution in [3.8, 4) is 5.75 Å². The molecular weight excluding hydrogens is 424 g/mol. The summed E-state index contributed by atoms with van der Waals surface area (Å²) in [6, 6.07) is 14.5. The summed E-state index contributed by atoms with van der Waals surface area (Å²) in [6.07, 6.45) is 10.2. The molecule has 6 nitrogen and oxygen atoms in total. The third kappa shape index (κ3) is 5.22. The summed E-state index contributed by atoms with van der Waals surface area (Å²) < 4.78 is 5.92. The van der Waals surface area contributed by atoms with E-state index in [4.69, 9.17) is 4.74 Å². The number of carbonyl (C=O) groups excluding carboxylic acids is 1. The van der Waals surface area contributed by atoms with E-state index in [0.717, 1.165) is 68.6 Å². The van der Waals surface area contributed by atoms with Crippen LogP contribution in [0.1, 0.15) is 43.2 Å². The zero-order valence-corrected chi connectivity index (χ0v) is 20.1. The van der Waals surface area contributed by atoms with Gasteiger partial charge in [0, 0.05) is 32.5 Å². The number of likely N-dealkylation sites (N-methyl/N-ethyl adjacent to an activating group) is 1. The number of para-hydroxylation sites is 1. The molecule has 3 heterocycles. The van der Waals surface area contributed by atoms with Crippen LogP contribution in [-0.4, -0.2) is 59.0 Å². The normalized spacial score (nSPS) is 19.8. The van der Waals surface area contributed by atoms with E-state index in [2.05, 4.69) is 45.2 Å². The third-order valence-corrected chi connectivity index (χ3v) is 7.58. The average molecular weight is 459 g/mol. The smallest absolute Gasteiger partial charge is 0.260 e. The Morgan fingerprint density at radius 2 is 1.76 bits per heavy atom. The Morgan fingerprint density at radius 3 is 2.62 bits per heavy atom. The molecule has 1 fully saturated rings. The topological polar surface area (TPSA) is 58.6 Å². The van der Waals surface area contributed by atoms with Crippen LogP contribution in [0.15, 0.2) is 54.9 Å². The minimum Gasteiger partial charge on any atom is -0.483 e. The van der Waals surface area contributed by atoms with Crippen LogP contribution in [0.2, 0.25) is 0 Å². The molecule has 2 aliphatic heterocycles. The Hall–Kier alpha value is -2.99. The average Bonchev–Trinajstić information content (AvgIpc) is 2.86. The van der Waals surface area contributed by atoms with Gasteiger partial charge in [-0.25, -0.2) is 0 Å². The predicted octanol–water partition coefficient (Wildman–Crippen LogP) is 4.48. The molecule has 34 heavy (non-hydrogen) atoms. The molecule has 1 aromatic heterocycles. The molecule has 178 valence electrons. The van der Waals surface area contributed by atoms with Crippen molar-refractivity contribution in [2.45, 2.75) is 45.1 Å². The Labute approximate surface area is 202 Å². The van der Waals surface area contributed by atoms with Crippen LogP contribution in [0.3, 0.4) is 0 Å². The molecule has 1 amide bonds. The zero-order valence-electron chi connectivity index (χ0n) is 20.1. The molecule has 2 aliphatic rings. The summed E-state index contributed by atoms with van der Waals surface area (Å²) in [5.74, 6) is 0.918. The number of amides is 1. The molecule has 0 bridgehead atoms. The number of benzene rings is 2. The van der Waals surface area contributed by atoms with Gasteiger partial charge in [-0.1, -0.05) is 30.7 Å². The van der Waals surface area contributed by atoms with Gasteiger partial charge in [-0.05, 0) is 79.9 Å². The number of aryl methyl sites for hydroxylation is 1. The number of carbonyl (C=O) groups is 1. The molecule has 0 unspecified atom stereocenters. The van der Waals surface area contributed by atoms with Gasteiger partial charge >= 0.3 is 0 Å². The molecule has 3 aromatic rings. The predicted molar refractivity (Wildman–Crippen MR) is 134 cm³/mol. The summed E-state index contributed by atoms with van der Waals surface area (Å²) in [5, 5.41) is 0. The molecule has 0 N–H and O–H groups in total. The van der Waals surface area contributed by atoms with Crippen LogP contribution in [0.25, 0.3) is 11.0 Å². The van der Waals surface area contributed by atoms with Crippen LogP contribution in [0.4, 0.5) is 0 Å². The lowest BCUT2D eigenvalue weighted by Crippen LogP contribution is -2.47. The van der Waals surface area contributed by atoms with E-state index in [9.17, 15) is 4.79 Å². The van der Waals surface area contributed by atoms with Gasteiger partial charge in [0.15, 0.2) is 6.61 Å². The van der Waals surface area contributed by atoms with Gasteiger partial charge in [0.05, 0.1) is 11.0 Å². The molecule has 0 saturated carbocycles. The summed E-state index contributed by atoms with van der Waals surface area (Å²) in [4.78, 5) is 26.1. The highest BCUT2D eigenvalue weighted by molar-refractivity contribution is 5.77. The molecule has 5 rings (SSSR count). The molecule has 6 heteroatoms. The highest BCUT2D eigenvalue weighted by Crippen LogP contribution is 2.38. The number of hydrogen-bond acceptors (Lipinski definition) is 5. The minimum atomic E-state index is 0.0643. The number of piperidine rings is 1. The van der Waals surface area contributed by atoms with Crippen molar-refractivity contribution in [2.24, 2.45) is 5.41 Å². The van der Waals surface area contributed by atoms with Gasteiger partial charge < -0.3 is 9.64 Å². The maximum absolute atomic E-state index is 12.9. The number of ether oxygens (including phenoxy) is 1. The van der Waals surface area contributed by atoms with E-state index in [1.807, 2.05) is 24.1 Å². The van der Waals surface area contributed by atoms with Gasteiger partial charge in [0.1, 0.15) is 5.75 Å². The molecule has 2 aromatic carbocycles. The van der Waals surface area contributed by atoms with Crippen molar-refractivity contribution in [1.29, 1.82) is 0 Å². The van der Waals surface area contributed by atoms with Gasteiger partial charge in [-0.2, -0.15) is 0 Å². The zero-order chi connectivity index (χ0) is 23.4. The number of likely N-dealkylation sites (tertiary alicyclic amines) is 1. The highest BCUT2D eigenvalue weighted by Gasteiger charge is 2.36. The van der Waals surface area contributed by atoms with Crippen LogP contribution in [0.5, 0.6) is 5.75 Å². The first-order valence-electron chi connectivity index (χ1n) is 12.5. The fourth-order valence-electron chi connectivity index (χ4n) is 5.55. The quantitative estimate of drug-likeness (QED) is 0.567. The summed E-state index contributed by atoms with van der Waals surface area (Å²) >= 11 is 0. The molecule has 0 radical (unpaired) electrons. The summed E-state index contributed by atoms with van der Waals surface area (Å²) in [6.45, 7) is 3.97. The second-order valence-electron chi connectivity index (χ2n) is 10.0. The van der Waals surface area contributed by atoms with E-state index >= 15 is 0 Å². The number of aromatic nitrogens is 2. The standard InChI is InChI=1S/C28H34N4O2/c1-31-21-28(11-5-4-7-23-6-2-3-8-26(23)34-20-27(31)33)12-16-32(17-13-28)19-22-9-10-24-25(18-22)30-15-14-29-24/h2-3,6,8-10,14-15,18H,4-5,7,11-13,16-17,19-21H2,1H3. The lowest BCUT2D eigenvalue weighted by molar-refractivity contribution is -0.134. The summed E-state index contributed by atoms with van der Waals surface area (Å²) in [5.41, 5.74) is 4.58. The molecule has 1 saturated heterocycles. The first kappa shape index (κ1) is 22.8. The highest BCUT2D eigenvalue weighted by atomic mass is 16.5. The molecule has 0 atom stereocenters. The van der Waals surface area contributed by atoms with E-state index in [1.165, 1.54) is 24.0 Å². The number of nitrogens with zero attached hydrogens (tertiary/aromatic N) is 4. The van der Waals surface area contributed by atoms with Crippen molar-refractivity contribution in [1.82, 2.24) is 19.8 Å². The van der Waals surface area contributed by atoms with Crippen molar-refractivity contribution in [3.63, 3.8) is 0 Å². The molecule has 1 spiro atoms. The fourth-order valence-corrected chi connectivity index (χ4v) is 5.55. The Kier molecular flexibility index (Phi) is 6.77. The van der Waals surface area contributed by atoms with E-state index in [0.29, 0.717) is 0 Å². The van der Waals surface area contributed by atoms with Crippen molar-refractivity contribution in [2.75, 3.05) is 33.3 Å². The largest absolute Gasteiger partial charge is 0.483 e. The van der Waals surface area contributed by atoms with Crippen molar-refractivity contribution < 1.29 is 9.53 Å². The first-order valence-corrected chi connectivity index (χ1v) is 12.5. The van der Waals surface area contributed by atoms with E-state index in [-0.39, 0.29) is 17.9 Å². The van der Waals surface area contributed by atoms with Crippen molar-refractivity contribution in [3.05, 3.63) is 66.0 Å². The fraction of sp³-hybridized carbons (Fsp3) is 0.464. The summed E-state index contributed by atoms with van der Waals surface area (Å²) in [7, 11) is 1.94. The van der Waals surface area contributed by atoms with Crippen LogP contribution >= 0.6 is 0 Å². The van der Waals surface area contributed by atoms with Gasteiger partial charge in [-0.3, -0.25) is 19.7 Å². The Morgan fingerprint density at radius 1 is 0.971 bits per heavy atom. The van der Waals surface area contributed by atoms with Gasteiger partial charge in [0.25, 0.3) is 5.91 Å². The number of hydrogen-bond donors (Lipinski definition) is 0. The minimum absolute atomic E-state index is 0.0643.